The summed E-state index contributed by atoms with van der Waals surface area (Å²) in [5.41, 5.74) is 1.45. The molecule has 1 atom stereocenters. The second-order valence-electron chi connectivity index (χ2n) is 5.98. The molecule has 0 saturated heterocycles. The van der Waals surface area contributed by atoms with Gasteiger partial charge < -0.3 is 15.1 Å². The Kier molecular flexibility index (Phi) is 4.87. The lowest BCUT2D eigenvalue weighted by Gasteiger charge is -2.20. The van der Waals surface area contributed by atoms with Gasteiger partial charge in [0, 0.05) is 7.05 Å². The maximum Gasteiger partial charge on any atom is 0.352 e. The molecule has 26 heavy (non-hydrogen) atoms. The molecule has 7 nitrogen and oxygen atoms in total. The lowest BCUT2D eigenvalue weighted by molar-refractivity contribution is 0.363. The van der Waals surface area contributed by atoms with Crippen LogP contribution < -0.4 is 10.9 Å². The fraction of sp³-hybridized carbons (Fsp3) is 0.167. The minimum Gasteiger partial charge on any atom is -0.362 e. The van der Waals surface area contributed by atoms with Crippen LogP contribution in [0.4, 0.5) is 5.69 Å². The van der Waals surface area contributed by atoms with Crippen LogP contribution in [-0.4, -0.2) is 19.2 Å². The molecule has 8 heteroatoms. The zero-order chi connectivity index (χ0) is 18.9. The number of hydrogen-bond donors (Lipinski definition) is 3. The number of anilines is 1. The summed E-state index contributed by atoms with van der Waals surface area (Å²) < 4.78 is 15.1. The minimum atomic E-state index is -4.55. The highest BCUT2D eigenvalue weighted by Gasteiger charge is 2.32. The summed E-state index contributed by atoms with van der Waals surface area (Å²) >= 11 is 0. The van der Waals surface area contributed by atoms with Crippen LogP contribution in [0.1, 0.15) is 17.0 Å². The van der Waals surface area contributed by atoms with E-state index in [0.717, 1.165) is 0 Å². The van der Waals surface area contributed by atoms with Gasteiger partial charge in [-0.3, -0.25) is 14.0 Å². The van der Waals surface area contributed by atoms with Gasteiger partial charge in [-0.1, -0.05) is 48.5 Å². The van der Waals surface area contributed by atoms with Gasteiger partial charge in [0.25, 0.3) is 5.56 Å². The molecule has 0 aliphatic rings. The number of benzene rings is 2. The van der Waals surface area contributed by atoms with E-state index in [1.807, 2.05) is 18.2 Å². The highest BCUT2D eigenvalue weighted by atomic mass is 31.2. The molecule has 0 aliphatic carbocycles. The Hall–Kier alpha value is -2.60. The van der Waals surface area contributed by atoms with Crippen molar-refractivity contribution in [3.8, 4) is 5.69 Å². The van der Waals surface area contributed by atoms with Crippen LogP contribution in [-0.2, 0) is 11.6 Å². The smallest absolute Gasteiger partial charge is 0.352 e. The number of nitrogens with one attached hydrogen (secondary N) is 1. The Balaban J connectivity index is 2.10. The minimum absolute atomic E-state index is 0.161. The van der Waals surface area contributed by atoms with Crippen molar-refractivity contribution in [2.24, 2.45) is 7.05 Å². The van der Waals surface area contributed by atoms with Crippen molar-refractivity contribution in [1.29, 1.82) is 0 Å². The van der Waals surface area contributed by atoms with Crippen molar-refractivity contribution in [3.63, 3.8) is 0 Å². The van der Waals surface area contributed by atoms with Gasteiger partial charge in [0.05, 0.1) is 11.4 Å². The van der Waals surface area contributed by atoms with Gasteiger partial charge in [-0.15, -0.1) is 0 Å². The average molecular weight is 373 g/mol. The largest absolute Gasteiger partial charge is 0.362 e. The van der Waals surface area contributed by atoms with E-state index in [0.29, 0.717) is 16.9 Å². The summed E-state index contributed by atoms with van der Waals surface area (Å²) in [4.78, 5) is 32.5. The first-order valence-corrected chi connectivity index (χ1v) is 9.69. The second kappa shape index (κ2) is 6.96. The first kappa shape index (κ1) is 18.2. The third-order valence-corrected chi connectivity index (χ3v) is 5.39. The summed E-state index contributed by atoms with van der Waals surface area (Å²) in [6.07, 6.45) is 0. The van der Waals surface area contributed by atoms with Crippen molar-refractivity contribution in [2.45, 2.75) is 12.7 Å². The van der Waals surface area contributed by atoms with E-state index in [1.54, 1.807) is 61.1 Å². The fourth-order valence-electron chi connectivity index (χ4n) is 2.87. The molecule has 0 saturated carbocycles. The van der Waals surface area contributed by atoms with Crippen molar-refractivity contribution in [3.05, 3.63) is 82.3 Å². The molecule has 0 aliphatic heterocycles. The van der Waals surface area contributed by atoms with Crippen LogP contribution in [0.5, 0.6) is 0 Å². The van der Waals surface area contributed by atoms with Crippen LogP contribution in [0, 0.1) is 6.92 Å². The SMILES string of the molecule is Cc1c(N[C@@H](c2ccccc2)P(=O)(O)O)c(=O)n(-c2ccccc2)n1C. The Morgan fingerprint density at radius 1 is 1.00 bits per heavy atom. The molecule has 136 valence electrons. The van der Waals surface area contributed by atoms with Crippen LogP contribution in [0.25, 0.3) is 5.69 Å². The Labute approximate surface area is 150 Å². The lowest BCUT2D eigenvalue weighted by atomic mass is 10.2. The van der Waals surface area contributed by atoms with Gasteiger partial charge >= 0.3 is 7.60 Å². The van der Waals surface area contributed by atoms with Crippen LogP contribution in [0.3, 0.4) is 0 Å². The van der Waals surface area contributed by atoms with Gasteiger partial charge in [0.2, 0.25) is 0 Å². The second-order valence-corrected chi connectivity index (χ2v) is 7.68. The van der Waals surface area contributed by atoms with Crippen LogP contribution in [0.2, 0.25) is 0 Å². The standard InChI is InChI=1S/C18H20N3O4P/c1-13-16(18(22)21(20(13)2)15-11-7-4-8-12-15)19-17(26(23,24)25)14-9-5-3-6-10-14/h3-12,17,19H,1-2H3,(H2,23,24,25)/t17-/m1/s1. The molecule has 1 heterocycles. The molecule has 0 fully saturated rings. The normalized spacial score (nSPS) is 12.8. The number of hydrogen-bond acceptors (Lipinski definition) is 3. The third kappa shape index (κ3) is 3.37. The Bertz CT molecular complexity index is 1010. The summed E-state index contributed by atoms with van der Waals surface area (Å²) in [5, 5.41) is 2.79. The predicted molar refractivity (Wildman–Crippen MR) is 101 cm³/mol. The van der Waals surface area contributed by atoms with Crippen molar-refractivity contribution < 1.29 is 14.4 Å². The molecule has 1 aromatic heterocycles. The number of nitrogens with zero attached hydrogens (tertiary/aromatic N) is 2. The summed E-state index contributed by atoms with van der Waals surface area (Å²) in [6.45, 7) is 1.73. The molecule has 0 bridgehead atoms. The fourth-order valence-corrected chi connectivity index (χ4v) is 3.73. The number of aromatic nitrogens is 2. The molecular formula is C18H20N3O4P. The van der Waals surface area contributed by atoms with Crippen LogP contribution in [0.15, 0.2) is 65.5 Å². The van der Waals surface area contributed by atoms with Crippen molar-refractivity contribution >= 4 is 13.3 Å². The third-order valence-electron chi connectivity index (χ3n) is 4.29. The predicted octanol–water partition coefficient (Wildman–Crippen LogP) is 2.77. The van der Waals surface area contributed by atoms with Crippen molar-refractivity contribution in [1.82, 2.24) is 9.36 Å². The summed E-state index contributed by atoms with van der Waals surface area (Å²) in [6, 6.07) is 17.5. The zero-order valence-corrected chi connectivity index (χ0v) is 15.3. The van der Waals surface area contributed by atoms with Gasteiger partial charge in [0.1, 0.15) is 5.69 Å². The molecule has 0 radical (unpaired) electrons. The van der Waals surface area contributed by atoms with E-state index in [2.05, 4.69) is 5.32 Å². The van der Waals surface area contributed by atoms with E-state index < -0.39 is 13.4 Å². The molecule has 0 spiro atoms. The van der Waals surface area contributed by atoms with E-state index >= 15 is 0 Å². The molecule has 3 aromatic rings. The van der Waals surface area contributed by atoms with E-state index in [1.165, 1.54) is 4.68 Å². The molecule has 2 aromatic carbocycles. The van der Waals surface area contributed by atoms with Crippen LogP contribution >= 0.6 is 7.60 Å². The summed E-state index contributed by atoms with van der Waals surface area (Å²) in [7, 11) is -2.82. The van der Waals surface area contributed by atoms with Gasteiger partial charge in [-0.05, 0) is 24.6 Å². The molecule has 0 amide bonds. The first-order valence-electron chi connectivity index (χ1n) is 8.01. The number of rotatable bonds is 5. The molecule has 3 rings (SSSR count). The van der Waals surface area contributed by atoms with Gasteiger partial charge in [-0.25, -0.2) is 4.68 Å². The zero-order valence-electron chi connectivity index (χ0n) is 14.4. The summed E-state index contributed by atoms with van der Waals surface area (Å²) in [5.74, 6) is -1.30. The van der Waals surface area contributed by atoms with E-state index in [-0.39, 0.29) is 11.2 Å². The first-order chi connectivity index (χ1) is 12.3. The molecular weight excluding hydrogens is 353 g/mol. The van der Waals surface area contributed by atoms with Gasteiger partial charge in [0.15, 0.2) is 5.78 Å². The maximum atomic E-state index is 12.9. The highest BCUT2D eigenvalue weighted by molar-refractivity contribution is 7.52. The van der Waals surface area contributed by atoms with Gasteiger partial charge in [-0.2, -0.15) is 0 Å². The monoisotopic (exact) mass is 373 g/mol. The number of para-hydroxylation sites is 1. The topological polar surface area (TPSA) is 96.5 Å². The quantitative estimate of drug-likeness (QED) is 0.598. The van der Waals surface area contributed by atoms with E-state index in [4.69, 9.17) is 0 Å². The lowest BCUT2D eigenvalue weighted by Crippen LogP contribution is -2.22. The Morgan fingerprint density at radius 3 is 2.08 bits per heavy atom. The average Bonchev–Trinajstić information content (AvgIpc) is 2.83. The highest BCUT2D eigenvalue weighted by Crippen LogP contribution is 2.51. The van der Waals surface area contributed by atoms with Crippen molar-refractivity contribution in [2.75, 3.05) is 5.32 Å². The Morgan fingerprint density at radius 2 is 1.54 bits per heavy atom. The maximum absolute atomic E-state index is 12.9. The molecule has 3 N–H and O–H groups in total. The molecule has 0 unspecified atom stereocenters. The van der Waals surface area contributed by atoms with E-state index in [9.17, 15) is 19.1 Å².